The van der Waals surface area contributed by atoms with Crippen LogP contribution in [0.1, 0.15) is 49.7 Å². The van der Waals surface area contributed by atoms with Crippen LogP contribution in [0, 0.1) is 5.41 Å². The first-order chi connectivity index (χ1) is 20.9. The highest BCUT2D eigenvalue weighted by Gasteiger charge is 2.49. The van der Waals surface area contributed by atoms with Crippen LogP contribution in [0.2, 0.25) is 0 Å². The molecule has 1 N–H and O–H groups in total. The van der Waals surface area contributed by atoms with E-state index in [1.165, 1.54) is 0 Å². The Bertz CT molecular complexity index is 1360. The van der Waals surface area contributed by atoms with E-state index < -0.39 is 17.6 Å². The van der Waals surface area contributed by atoms with E-state index in [1.807, 2.05) is 47.4 Å². The number of carbonyl (C=O) groups excluding carboxylic acids is 3. The van der Waals surface area contributed by atoms with Gasteiger partial charge in [0.05, 0.1) is 44.4 Å². The number of aryl methyl sites for hydroxylation is 1. The number of hydrogen-bond donors (Lipinski definition) is 1. The fraction of sp³-hybridized carbons (Fsp3) is 0.545. The summed E-state index contributed by atoms with van der Waals surface area (Å²) in [5, 5.41) is 3.12. The molecule has 43 heavy (non-hydrogen) atoms. The Labute approximate surface area is 252 Å². The van der Waals surface area contributed by atoms with Gasteiger partial charge in [0.2, 0.25) is 17.7 Å². The maximum atomic E-state index is 13.7. The van der Waals surface area contributed by atoms with Gasteiger partial charge in [-0.05, 0) is 67.5 Å². The van der Waals surface area contributed by atoms with Gasteiger partial charge in [-0.15, -0.1) is 0 Å². The molecule has 10 nitrogen and oxygen atoms in total. The lowest BCUT2D eigenvalue weighted by molar-refractivity contribution is -0.151. The molecule has 2 saturated carbocycles. The highest BCUT2D eigenvalue weighted by atomic mass is 16.5. The average molecular weight is 592 g/mol. The molecule has 1 saturated heterocycles. The van der Waals surface area contributed by atoms with Crippen molar-refractivity contribution in [3.8, 4) is 17.2 Å². The number of benzene rings is 2. The average Bonchev–Trinajstić information content (AvgIpc) is 3.75. The van der Waals surface area contributed by atoms with Crippen molar-refractivity contribution >= 4 is 17.7 Å². The van der Waals surface area contributed by atoms with Crippen LogP contribution in [0.15, 0.2) is 42.5 Å². The smallest absolute Gasteiger partial charge is 0.240 e. The molecule has 0 unspecified atom stereocenters. The van der Waals surface area contributed by atoms with E-state index in [0.29, 0.717) is 43.4 Å². The first-order valence-electron chi connectivity index (χ1n) is 15.3. The zero-order valence-corrected chi connectivity index (χ0v) is 25.0. The molecule has 3 aliphatic heterocycles. The molecule has 4 bridgehead atoms. The van der Waals surface area contributed by atoms with E-state index in [0.717, 1.165) is 43.2 Å². The number of nitrogens with one attached hydrogen (secondary N) is 1. The summed E-state index contributed by atoms with van der Waals surface area (Å²) in [5.74, 6) is 1.58. The Morgan fingerprint density at radius 1 is 1.05 bits per heavy atom. The maximum absolute atomic E-state index is 13.7. The number of ether oxygens (including phenoxy) is 4. The number of carbonyl (C=O) groups is 3. The highest BCUT2D eigenvalue weighted by Crippen LogP contribution is 2.43. The molecular weight excluding hydrogens is 550 g/mol. The summed E-state index contributed by atoms with van der Waals surface area (Å²) in [4.78, 5) is 43.9. The van der Waals surface area contributed by atoms with Crippen LogP contribution in [-0.4, -0.2) is 86.2 Å². The molecule has 2 aromatic carbocycles. The first kappa shape index (κ1) is 29.4. The van der Waals surface area contributed by atoms with Gasteiger partial charge < -0.3 is 34.1 Å². The molecule has 0 spiro atoms. The Morgan fingerprint density at radius 2 is 1.88 bits per heavy atom. The SMILES string of the molecule is COCC1(C(=O)N2C[C@@H]3NC(=O)CN(C4CC4)C(=O)CCc4ccc(c(OC)c4)Oc4cccc(c4)CO[C@H]3C2)CCC1. The Hall–Kier alpha value is -3.63. The molecular formula is C33H41N3O7. The number of hydrogen-bond acceptors (Lipinski definition) is 7. The van der Waals surface area contributed by atoms with Crippen LogP contribution in [0.25, 0.3) is 0 Å². The third-order valence-electron chi connectivity index (χ3n) is 9.15. The summed E-state index contributed by atoms with van der Waals surface area (Å²) in [6.07, 6.45) is 4.81. The maximum Gasteiger partial charge on any atom is 0.240 e. The Morgan fingerprint density at radius 3 is 2.60 bits per heavy atom. The van der Waals surface area contributed by atoms with E-state index >= 15 is 0 Å². The molecule has 0 radical (unpaired) electrons. The fourth-order valence-corrected chi connectivity index (χ4v) is 6.47. The lowest BCUT2D eigenvalue weighted by Crippen LogP contribution is -2.51. The fourth-order valence-electron chi connectivity index (χ4n) is 6.47. The van der Waals surface area contributed by atoms with Crippen molar-refractivity contribution in [1.82, 2.24) is 15.1 Å². The Balaban J connectivity index is 1.26. The van der Waals surface area contributed by atoms with Crippen molar-refractivity contribution in [3.05, 3.63) is 53.6 Å². The van der Waals surface area contributed by atoms with Crippen LogP contribution in [-0.2, 0) is 36.9 Å². The van der Waals surface area contributed by atoms with Gasteiger partial charge in [0.25, 0.3) is 0 Å². The van der Waals surface area contributed by atoms with Crippen molar-refractivity contribution in [3.63, 3.8) is 0 Å². The van der Waals surface area contributed by atoms with E-state index in [2.05, 4.69) is 5.32 Å². The second-order valence-corrected chi connectivity index (χ2v) is 12.3. The number of amides is 3. The number of methoxy groups -OCH3 is 2. The lowest BCUT2D eigenvalue weighted by atomic mass is 9.68. The minimum atomic E-state index is -0.497. The molecule has 3 heterocycles. The van der Waals surface area contributed by atoms with Gasteiger partial charge in [0.15, 0.2) is 11.5 Å². The van der Waals surface area contributed by atoms with Crippen molar-refractivity contribution in [1.29, 1.82) is 0 Å². The van der Waals surface area contributed by atoms with Crippen molar-refractivity contribution < 1.29 is 33.3 Å². The second-order valence-electron chi connectivity index (χ2n) is 12.3. The molecule has 7 rings (SSSR count). The highest BCUT2D eigenvalue weighted by molar-refractivity contribution is 5.86. The Kier molecular flexibility index (Phi) is 8.59. The number of likely N-dealkylation sites (tertiary alicyclic amines) is 1. The predicted molar refractivity (Wildman–Crippen MR) is 158 cm³/mol. The molecule has 0 aromatic heterocycles. The van der Waals surface area contributed by atoms with Crippen molar-refractivity contribution in [2.45, 2.75) is 69.7 Å². The zero-order chi connectivity index (χ0) is 30.0. The number of rotatable bonds is 5. The predicted octanol–water partition coefficient (Wildman–Crippen LogP) is 3.45. The molecule has 5 aliphatic rings. The van der Waals surface area contributed by atoms with Crippen LogP contribution < -0.4 is 14.8 Å². The summed E-state index contributed by atoms with van der Waals surface area (Å²) in [6.45, 7) is 1.40. The first-order valence-corrected chi connectivity index (χ1v) is 15.3. The van der Waals surface area contributed by atoms with Gasteiger partial charge in [0.1, 0.15) is 5.75 Å². The summed E-state index contributed by atoms with van der Waals surface area (Å²) in [5.41, 5.74) is 1.36. The van der Waals surface area contributed by atoms with Gasteiger partial charge in [-0.1, -0.05) is 24.6 Å². The van der Waals surface area contributed by atoms with E-state index in [9.17, 15) is 14.4 Å². The number of nitrogens with zero attached hydrogens (tertiary/aromatic N) is 2. The van der Waals surface area contributed by atoms with Gasteiger partial charge >= 0.3 is 0 Å². The minimum Gasteiger partial charge on any atom is -0.493 e. The third-order valence-corrected chi connectivity index (χ3v) is 9.15. The van der Waals surface area contributed by atoms with Crippen molar-refractivity contribution in [2.24, 2.45) is 5.41 Å². The summed E-state index contributed by atoms with van der Waals surface area (Å²) in [6, 6.07) is 13.0. The van der Waals surface area contributed by atoms with Crippen LogP contribution in [0.5, 0.6) is 17.2 Å². The second kappa shape index (κ2) is 12.5. The van der Waals surface area contributed by atoms with E-state index in [4.69, 9.17) is 18.9 Å². The molecule has 10 heteroatoms. The lowest BCUT2D eigenvalue weighted by Gasteiger charge is -2.42. The number of fused-ring (bicyclic) bond motifs is 9. The van der Waals surface area contributed by atoms with Crippen LogP contribution in [0.4, 0.5) is 0 Å². The van der Waals surface area contributed by atoms with E-state index in [-0.39, 0.29) is 43.3 Å². The minimum absolute atomic E-state index is 0.00752. The molecule has 3 amide bonds. The molecule has 2 aliphatic carbocycles. The monoisotopic (exact) mass is 591 g/mol. The summed E-state index contributed by atoms with van der Waals surface area (Å²) >= 11 is 0. The van der Waals surface area contributed by atoms with Gasteiger partial charge in [-0.25, -0.2) is 0 Å². The largest absolute Gasteiger partial charge is 0.493 e. The molecule has 2 atom stereocenters. The molecule has 3 fully saturated rings. The molecule has 230 valence electrons. The summed E-state index contributed by atoms with van der Waals surface area (Å²) < 4.78 is 23.6. The normalized spacial score (nSPS) is 24.1. The standard InChI is InChI=1S/C33H41N3O7/c1-40-21-33(13-4-14-33)32(39)35-17-26-29(18-35)42-20-23-5-3-6-25(15-23)43-27-11-7-22(16-28(27)41-2)8-12-31(38)36(24-9-10-24)19-30(37)34-26/h3,5-7,11,15-16,24,26,29H,4,8-10,12-14,17-21H2,1-2H3,(H,34,37)/t26-,29-/m0/s1. The molecule has 2 aromatic rings. The van der Waals surface area contributed by atoms with E-state index in [1.54, 1.807) is 19.1 Å². The summed E-state index contributed by atoms with van der Waals surface area (Å²) in [7, 11) is 3.23. The van der Waals surface area contributed by atoms with Crippen LogP contribution >= 0.6 is 0 Å². The topological polar surface area (TPSA) is 107 Å². The third kappa shape index (κ3) is 6.50. The van der Waals surface area contributed by atoms with Crippen LogP contribution in [0.3, 0.4) is 0 Å². The quantitative estimate of drug-likeness (QED) is 0.568. The van der Waals surface area contributed by atoms with Gasteiger partial charge in [-0.3, -0.25) is 14.4 Å². The zero-order valence-electron chi connectivity index (χ0n) is 25.0. The van der Waals surface area contributed by atoms with Gasteiger partial charge in [0, 0.05) is 32.7 Å². The van der Waals surface area contributed by atoms with Crippen molar-refractivity contribution in [2.75, 3.05) is 40.5 Å². The van der Waals surface area contributed by atoms with Gasteiger partial charge in [-0.2, -0.15) is 0 Å².